The molecule has 0 aliphatic heterocycles. The summed E-state index contributed by atoms with van der Waals surface area (Å²) in [7, 11) is 0. The molecule has 4 rings (SSSR count). The molecule has 0 unspecified atom stereocenters. The number of rotatable bonds is 4. The van der Waals surface area contributed by atoms with E-state index < -0.39 is 0 Å². The fourth-order valence-corrected chi connectivity index (χ4v) is 4.43. The zero-order valence-electron chi connectivity index (χ0n) is 16.2. The van der Waals surface area contributed by atoms with Crippen molar-refractivity contribution >= 4 is 51.0 Å². The van der Waals surface area contributed by atoms with Gasteiger partial charge in [-0.25, -0.2) is 4.98 Å². The second kappa shape index (κ2) is 7.81. The highest BCUT2D eigenvalue weighted by Gasteiger charge is 2.15. The first-order chi connectivity index (χ1) is 13.9. The van der Waals surface area contributed by atoms with E-state index in [-0.39, 0.29) is 5.91 Å². The Kier molecular flexibility index (Phi) is 5.22. The van der Waals surface area contributed by atoms with Gasteiger partial charge in [0.2, 0.25) is 11.0 Å². The van der Waals surface area contributed by atoms with Crippen molar-refractivity contribution in [2.45, 2.75) is 20.8 Å². The predicted molar refractivity (Wildman–Crippen MR) is 120 cm³/mol. The first-order valence-corrected chi connectivity index (χ1v) is 10.3. The Morgan fingerprint density at radius 2 is 1.97 bits per heavy atom. The van der Waals surface area contributed by atoms with Gasteiger partial charge in [-0.15, -0.1) is 0 Å². The number of fused-ring (bicyclic) bond motifs is 1. The Balaban J connectivity index is 1.63. The summed E-state index contributed by atoms with van der Waals surface area (Å²) in [5, 5.41) is 8.72. The van der Waals surface area contributed by atoms with Gasteiger partial charge in [-0.1, -0.05) is 47.2 Å². The molecule has 7 heteroatoms. The van der Waals surface area contributed by atoms with E-state index in [1.165, 1.54) is 11.6 Å². The molecule has 0 bridgehead atoms. The summed E-state index contributed by atoms with van der Waals surface area (Å²) < 4.78 is 2.78. The summed E-state index contributed by atoms with van der Waals surface area (Å²) >= 11 is 7.68. The van der Waals surface area contributed by atoms with Crippen LogP contribution in [0, 0.1) is 20.8 Å². The van der Waals surface area contributed by atoms with Crippen molar-refractivity contribution in [1.29, 1.82) is 0 Å². The second-order valence-corrected chi connectivity index (χ2v) is 8.27. The minimum atomic E-state index is -0.265. The maximum Gasteiger partial charge on any atom is 0.249 e. The van der Waals surface area contributed by atoms with E-state index in [4.69, 9.17) is 16.6 Å². The number of hydrogen-bond donors (Lipinski definition) is 1. The highest BCUT2D eigenvalue weighted by atomic mass is 35.5. The van der Waals surface area contributed by atoms with E-state index in [2.05, 4.69) is 36.4 Å². The lowest BCUT2D eigenvalue weighted by Crippen LogP contribution is -2.12. The van der Waals surface area contributed by atoms with Crippen LogP contribution in [-0.2, 0) is 4.79 Å². The SMILES string of the molecule is Cc1cc(C)c2nc(-n3nc(C)cc3NC(=O)/C=C/c3ccccc3Cl)sc2c1. The second-order valence-electron chi connectivity index (χ2n) is 6.85. The number of benzene rings is 2. The van der Waals surface area contributed by atoms with Gasteiger partial charge in [0, 0.05) is 17.2 Å². The van der Waals surface area contributed by atoms with Crippen LogP contribution in [0.3, 0.4) is 0 Å². The molecule has 0 fully saturated rings. The van der Waals surface area contributed by atoms with Crippen molar-refractivity contribution in [1.82, 2.24) is 14.8 Å². The molecular weight excluding hydrogens is 404 g/mol. The monoisotopic (exact) mass is 422 g/mol. The normalized spacial score (nSPS) is 11.4. The molecule has 1 N–H and O–H groups in total. The lowest BCUT2D eigenvalue weighted by molar-refractivity contribution is -0.111. The lowest BCUT2D eigenvalue weighted by atomic mass is 10.1. The number of nitrogens with one attached hydrogen (secondary N) is 1. The van der Waals surface area contributed by atoms with Crippen molar-refractivity contribution in [3.63, 3.8) is 0 Å². The number of thiazole rings is 1. The molecule has 0 saturated carbocycles. The van der Waals surface area contributed by atoms with Gasteiger partial charge in [0.25, 0.3) is 0 Å². The summed E-state index contributed by atoms with van der Waals surface area (Å²) in [5.41, 5.74) is 4.85. The molecule has 146 valence electrons. The molecular formula is C22H19ClN4OS. The van der Waals surface area contributed by atoms with Crippen molar-refractivity contribution in [3.05, 3.63) is 75.9 Å². The molecule has 0 spiro atoms. The van der Waals surface area contributed by atoms with Crippen LogP contribution in [0.15, 0.2) is 48.5 Å². The van der Waals surface area contributed by atoms with Crippen LogP contribution < -0.4 is 5.32 Å². The van der Waals surface area contributed by atoms with Gasteiger partial charge in [-0.05, 0) is 55.7 Å². The van der Waals surface area contributed by atoms with E-state index in [0.717, 1.165) is 27.0 Å². The van der Waals surface area contributed by atoms with E-state index >= 15 is 0 Å². The third-order valence-corrected chi connectivity index (χ3v) is 5.72. The van der Waals surface area contributed by atoms with Crippen molar-refractivity contribution in [2.75, 3.05) is 5.32 Å². The van der Waals surface area contributed by atoms with Crippen LogP contribution in [0.25, 0.3) is 21.4 Å². The summed E-state index contributed by atoms with van der Waals surface area (Å²) in [5.74, 6) is 0.309. The Bertz CT molecular complexity index is 1260. The maximum absolute atomic E-state index is 12.5. The number of aryl methyl sites for hydroxylation is 3. The van der Waals surface area contributed by atoms with Crippen LogP contribution in [0.4, 0.5) is 5.82 Å². The summed E-state index contributed by atoms with van der Waals surface area (Å²) in [4.78, 5) is 17.2. The maximum atomic E-state index is 12.5. The fourth-order valence-electron chi connectivity index (χ4n) is 3.13. The standard InChI is InChI=1S/C22H19ClN4OS/c1-13-10-14(2)21-18(11-13)29-22(25-21)27-19(12-15(3)26-27)24-20(28)9-8-16-6-4-5-7-17(16)23/h4-12H,1-3H3,(H,24,28)/b9-8+. The first kappa shape index (κ1) is 19.4. The molecule has 29 heavy (non-hydrogen) atoms. The minimum absolute atomic E-state index is 0.265. The van der Waals surface area contributed by atoms with Crippen LogP contribution in [-0.4, -0.2) is 20.7 Å². The van der Waals surface area contributed by atoms with Gasteiger partial charge in [0.1, 0.15) is 5.82 Å². The largest absolute Gasteiger partial charge is 0.307 e. The molecule has 0 saturated heterocycles. The molecule has 2 aromatic carbocycles. The Labute approximate surface area is 177 Å². The van der Waals surface area contributed by atoms with E-state index in [0.29, 0.717) is 16.0 Å². The van der Waals surface area contributed by atoms with Gasteiger partial charge < -0.3 is 5.32 Å². The number of hydrogen-bond acceptors (Lipinski definition) is 4. The number of carbonyl (C=O) groups excluding carboxylic acids is 1. The molecule has 1 amide bonds. The van der Waals surface area contributed by atoms with E-state index in [1.807, 2.05) is 31.2 Å². The number of aromatic nitrogens is 3. The Morgan fingerprint density at radius 3 is 2.76 bits per heavy atom. The molecule has 0 aliphatic carbocycles. The summed E-state index contributed by atoms with van der Waals surface area (Å²) in [6, 6.07) is 13.4. The molecule has 2 aromatic heterocycles. The van der Waals surface area contributed by atoms with Crippen LogP contribution in [0.5, 0.6) is 0 Å². The van der Waals surface area contributed by atoms with Crippen LogP contribution in [0.2, 0.25) is 5.02 Å². The van der Waals surface area contributed by atoms with E-state index in [1.54, 1.807) is 28.2 Å². The highest BCUT2D eigenvalue weighted by Crippen LogP contribution is 2.30. The Morgan fingerprint density at radius 1 is 1.17 bits per heavy atom. The quantitative estimate of drug-likeness (QED) is 0.428. The molecule has 4 aromatic rings. The third-order valence-electron chi connectivity index (χ3n) is 4.40. The highest BCUT2D eigenvalue weighted by molar-refractivity contribution is 7.20. The van der Waals surface area contributed by atoms with Gasteiger partial charge in [-0.3, -0.25) is 4.79 Å². The molecule has 0 atom stereocenters. The molecule has 0 aliphatic rings. The fraction of sp³-hybridized carbons (Fsp3) is 0.136. The van der Waals surface area contributed by atoms with Gasteiger partial charge in [0.15, 0.2) is 0 Å². The zero-order valence-corrected chi connectivity index (χ0v) is 17.8. The summed E-state index contributed by atoms with van der Waals surface area (Å²) in [6.07, 6.45) is 3.15. The van der Waals surface area contributed by atoms with Crippen molar-refractivity contribution in [2.24, 2.45) is 0 Å². The lowest BCUT2D eigenvalue weighted by Gasteiger charge is -2.04. The average Bonchev–Trinajstić information content (AvgIpc) is 3.24. The number of halogens is 1. The van der Waals surface area contributed by atoms with Gasteiger partial charge in [0.05, 0.1) is 15.9 Å². The summed E-state index contributed by atoms with van der Waals surface area (Å²) in [6.45, 7) is 6.00. The van der Waals surface area contributed by atoms with Crippen molar-refractivity contribution < 1.29 is 4.79 Å². The minimum Gasteiger partial charge on any atom is -0.307 e. The zero-order chi connectivity index (χ0) is 20.5. The number of nitrogens with zero attached hydrogens (tertiary/aromatic N) is 3. The Hall–Kier alpha value is -2.96. The van der Waals surface area contributed by atoms with Crippen LogP contribution in [0.1, 0.15) is 22.4 Å². The molecule has 2 heterocycles. The number of amides is 1. The van der Waals surface area contributed by atoms with Crippen LogP contribution >= 0.6 is 22.9 Å². The topological polar surface area (TPSA) is 59.8 Å². The molecule has 0 radical (unpaired) electrons. The number of anilines is 1. The average molecular weight is 423 g/mol. The van der Waals surface area contributed by atoms with Gasteiger partial charge in [-0.2, -0.15) is 9.78 Å². The first-order valence-electron chi connectivity index (χ1n) is 9.09. The molecule has 5 nitrogen and oxygen atoms in total. The smallest absolute Gasteiger partial charge is 0.249 e. The number of carbonyl (C=O) groups is 1. The third kappa shape index (κ3) is 4.09. The van der Waals surface area contributed by atoms with E-state index in [9.17, 15) is 4.79 Å². The van der Waals surface area contributed by atoms with Crippen molar-refractivity contribution in [3.8, 4) is 5.13 Å². The van der Waals surface area contributed by atoms with Gasteiger partial charge >= 0.3 is 0 Å². The predicted octanol–water partition coefficient (Wildman–Crippen LogP) is 5.71.